The first-order valence-corrected chi connectivity index (χ1v) is 9.58. The van der Waals surface area contributed by atoms with Crippen molar-refractivity contribution in [3.63, 3.8) is 0 Å². The number of methoxy groups -OCH3 is 1. The highest BCUT2D eigenvalue weighted by atomic mass is 79.9. The summed E-state index contributed by atoms with van der Waals surface area (Å²) >= 11 is 14.2. The number of rotatable bonds is 5. The van der Waals surface area contributed by atoms with Crippen LogP contribution in [0.4, 0.5) is 0 Å². The number of nitrogens with one attached hydrogen (secondary N) is 2. The van der Waals surface area contributed by atoms with Crippen molar-refractivity contribution in [2.24, 2.45) is 0 Å². The molecule has 0 spiro atoms. The fraction of sp³-hybridized carbons (Fsp3) is 0.105. The molecule has 9 heteroatoms. The molecule has 1 saturated heterocycles. The molecule has 144 valence electrons. The zero-order valence-corrected chi connectivity index (χ0v) is 17.7. The summed E-state index contributed by atoms with van der Waals surface area (Å²) < 4.78 is 11.9. The highest BCUT2D eigenvalue weighted by Crippen LogP contribution is 2.38. The third-order valence-corrected chi connectivity index (χ3v) is 4.81. The molecule has 1 fully saturated rings. The SMILES string of the molecule is COc1cc(C=C2C(=O)NC(=S)NC2=O)cc(Br)c1OCc1cccc(Cl)c1. The summed E-state index contributed by atoms with van der Waals surface area (Å²) in [6.45, 7) is 0.290. The van der Waals surface area contributed by atoms with E-state index in [1.807, 2.05) is 18.2 Å². The van der Waals surface area contributed by atoms with Gasteiger partial charge in [-0.05, 0) is 69.6 Å². The lowest BCUT2D eigenvalue weighted by atomic mass is 10.1. The number of ether oxygens (including phenoxy) is 2. The van der Waals surface area contributed by atoms with Crippen LogP contribution in [0, 0.1) is 0 Å². The zero-order valence-electron chi connectivity index (χ0n) is 14.5. The van der Waals surface area contributed by atoms with E-state index in [1.165, 1.54) is 13.2 Å². The summed E-state index contributed by atoms with van der Waals surface area (Å²) in [6, 6.07) is 10.7. The molecule has 0 aromatic heterocycles. The second kappa shape index (κ2) is 8.72. The zero-order chi connectivity index (χ0) is 20.3. The van der Waals surface area contributed by atoms with E-state index < -0.39 is 11.8 Å². The van der Waals surface area contributed by atoms with E-state index in [-0.39, 0.29) is 17.3 Å². The van der Waals surface area contributed by atoms with E-state index in [0.717, 1.165) is 5.56 Å². The summed E-state index contributed by atoms with van der Waals surface area (Å²) in [5, 5.41) is 5.39. The number of benzene rings is 2. The molecule has 0 radical (unpaired) electrons. The van der Waals surface area contributed by atoms with Crippen molar-refractivity contribution < 1.29 is 19.1 Å². The molecule has 0 unspecified atom stereocenters. The lowest BCUT2D eigenvalue weighted by Gasteiger charge is -2.17. The molecule has 2 aromatic rings. The molecule has 2 amide bonds. The minimum atomic E-state index is -0.565. The van der Waals surface area contributed by atoms with Gasteiger partial charge in [0.1, 0.15) is 12.2 Å². The Morgan fingerprint density at radius 3 is 2.54 bits per heavy atom. The maximum Gasteiger partial charge on any atom is 0.263 e. The normalized spacial score (nSPS) is 13.7. The van der Waals surface area contributed by atoms with Crippen molar-refractivity contribution in [2.75, 3.05) is 7.11 Å². The van der Waals surface area contributed by atoms with Crippen LogP contribution in [0.25, 0.3) is 6.08 Å². The van der Waals surface area contributed by atoms with Gasteiger partial charge in [-0.1, -0.05) is 23.7 Å². The molecule has 0 saturated carbocycles. The molecule has 0 bridgehead atoms. The maximum atomic E-state index is 12.0. The van der Waals surface area contributed by atoms with Gasteiger partial charge in [-0.3, -0.25) is 20.2 Å². The average Bonchev–Trinajstić information content (AvgIpc) is 2.63. The summed E-state index contributed by atoms with van der Waals surface area (Å²) in [4.78, 5) is 24.0. The Balaban J connectivity index is 1.87. The number of amides is 2. The fourth-order valence-corrected chi connectivity index (χ4v) is 3.49. The van der Waals surface area contributed by atoms with Crippen LogP contribution in [-0.4, -0.2) is 24.0 Å². The van der Waals surface area contributed by atoms with Crippen LogP contribution in [0.3, 0.4) is 0 Å². The monoisotopic (exact) mass is 480 g/mol. The Morgan fingerprint density at radius 1 is 1.18 bits per heavy atom. The van der Waals surface area contributed by atoms with E-state index in [9.17, 15) is 9.59 Å². The van der Waals surface area contributed by atoms with Crippen LogP contribution < -0.4 is 20.1 Å². The van der Waals surface area contributed by atoms with E-state index in [4.69, 9.17) is 33.3 Å². The van der Waals surface area contributed by atoms with Gasteiger partial charge < -0.3 is 9.47 Å². The van der Waals surface area contributed by atoms with Crippen molar-refractivity contribution in [2.45, 2.75) is 6.61 Å². The number of carbonyl (C=O) groups is 2. The minimum Gasteiger partial charge on any atom is -0.493 e. The predicted octanol–water partition coefficient (Wildman–Crippen LogP) is 3.60. The molecule has 2 N–H and O–H groups in total. The highest BCUT2D eigenvalue weighted by molar-refractivity contribution is 9.10. The van der Waals surface area contributed by atoms with Crippen molar-refractivity contribution in [3.8, 4) is 11.5 Å². The summed E-state index contributed by atoms with van der Waals surface area (Å²) in [6.07, 6.45) is 1.44. The van der Waals surface area contributed by atoms with Crippen molar-refractivity contribution >= 4 is 62.8 Å². The summed E-state index contributed by atoms with van der Waals surface area (Å²) in [7, 11) is 1.50. The first-order chi connectivity index (χ1) is 13.4. The number of hydrogen-bond acceptors (Lipinski definition) is 5. The molecule has 2 aromatic carbocycles. The Bertz CT molecular complexity index is 987. The van der Waals surface area contributed by atoms with Crippen LogP contribution >= 0.6 is 39.7 Å². The molecule has 6 nitrogen and oxygen atoms in total. The molecular weight excluding hydrogens is 468 g/mol. The Hall–Kier alpha value is -2.42. The van der Waals surface area contributed by atoms with Crippen molar-refractivity contribution in [1.29, 1.82) is 0 Å². The van der Waals surface area contributed by atoms with Crippen LogP contribution in [-0.2, 0) is 16.2 Å². The third-order valence-electron chi connectivity index (χ3n) is 3.78. The molecule has 0 atom stereocenters. The Kier molecular flexibility index (Phi) is 6.33. The second-order valence-electron chi connectivity index (χ2n) is 5.75. The van der Waals surface area contributed by atoms with Crippen LogP contribution in [0.2, 0.25) is 5.02 Å². The molecule has 3 rings (SSSR count). The number of hydrogen-bond donors (Lipinski definition) is 2. The Labute approximate surface area is 180 Å². The summed E-state index contributed by atoms with van der Waals surface area (Å²) in [5.41, 5.74) is 1.42. The first-order valence-electron chi connectivity index (χ1n) is 8.00. The molecule has 1 aliphatic rings. The second-order valence-corrected chi connectivity index (χ2v) is 7.45. The molecular formula is C19H14BrClN2O4S. The van der Waals surface area contributed by atoms with E-state index in [2.05, 4.69) is 26.6 Å². The van der Waals surface area contributed by atoms with Gasteiger partial charge in [0.25, 0.3) is 11.8 Å². The topological polar surface area (TPSA) is 76.7 Å². The largest absolute Gasteiger partial charge is 0.493 e. The quantitative estimate of drug-likeness (QED) is 0.388. The van der Waals surface area contributed by atoms with Crippen molar-refractivity contribution in [1.82, 2.24) is 10.6 Å². The van der Waals surface area contributed by atoms with Gasteiger partial charge in [-0.2, -0.15) is 0 Å². The fourth-order valence-electron chi connectivity index (χ4n) is 2.52. The number of halogens is 2. The average molecular weight is 482 g/mol. The highest BCUT2D eigenvalue weighted by Gasteiger charge is 2.26. The van der Waals surface area contributed by atoms with Gasteiger partial charge in [0.2, 0.25) is 0 Å². The van der Waals surface area contributed by atoms with Gasteiger partial charge in [0.15, 0.2) is 16.6 Å². The van der Waals surface area contributed by atoms with Crippen molar-refractivity contribution in [3.05, 3.63) is 62.6 Å². The third kappa shape index (κ3) is 4.70. The lowest BCUT2D eigenvalue weighted by Crippen LogP contribution is -2.51. The van der Waals surface area contributed by atoms with Gasteiger partial charge in [0, 0.05) is 5.02 Å². The summed E-state index contributed by atoms with van der Waals surface area (Å²) in [5.74, 6) is -0.200. The van der Waals surface area contributed by atoms with Gasteiger partial charge >= 0.3 is 0 Å². The minimum absolute atomic E-state index is 0.0179. The number of carbonyl (C=O) groups excluding carboxylic acids is 2. The smallest absolute Gasteiger partial charge is 0.263 e. The van der Waals surface area contributed by atoms with Crippen LogP contribution in [0.5, 0.6) is 11.5 Å². The van der Waals surface area contributed by atoms with Gasteiger partial charge in [-0.25, -0.2) is 0 Å². The van der Waals surface area contributed by atoms with Crippen LogP contribution in [0.15, 0.2) is 46.4 Å². The maximum absolute atomic E-state index is 12.0. The van der Waals surface area contributed by atoms with E-state index >= 15 is 0 Å². The molecule has 28 heavy (non-hydrogen) atoms. The first kappa shape index (κ1) is 20.3. The number of thiocarbonyl (C=S) groups is 1. The molecule has 1 heterocycles. The predicted molar refractivity (Wildman–Crippen MR) is 113 cm³/mol. The van der Waals surface area contributed by atoms with Gasteiger partial charge in [0.05, 0.1) is 11.6 Å². The van der Waals surface area contributed by atoms with E-state index in [0.29, 0.717) is 26.6 Å². The molecule has 1 aliphatic heterocycles. The van der Waals surface area contributed by atoms with E-state index in [1.54, 1.807) is 18.2 Å². The van der Waals surface area contributed by atoms with Gasteiger partial charge in [-0.15, -0.1) is 0 Å². The Morgan fingerprint density at radius 2 is 1.89 bits per heavy atom. The lowest BCUT2D eigenvalue weighted by molar-refractivity contribution is -0.123. The molecule has 0 aliphatic carbocycles. The van der Waals surface area contributed by atoms with Crippen LogP contribution in [0.1, 0.15) is 11.1 Å². The standard InChI is InChI=1S/C19H14BrClN2O4S/c1-26-15-8-11(6-13-17(24)22-19(28)23-18(13)25)7-14(20)16(15)27-9-10-3-2-4-12(21)5-10/h2-8H,9H2,1H3,(H2,22,23,24,25,28).